The van der Waals surface area contributed by atoms with E-state index in [4.69, 9.17) is 9.47 Å². The molecule has 1 amide bonds. The van der Waals surface area contributed by atoms with Crippen LogP contribution in [-0.2, 0) is 9.59 Å². The van der Waals surface area contributed by atoms with Gasteiger partial charge < -0.3 is 9.47 Å². The van der Waals surface area contributed by atoms with Gasteiger partial charge in [0.25, 0.3) is 6.17 Å². The Bertz CT molecular complexity index is 1320. The van der Waals surface area contributed by atoms with Gasteiger partial charge in [-0.3, -0.25) is 19.4 Å². The van der Waals surface area contributed by atoms with Crippen LogP contribution in [0, 0.1) is 0 Å². The summed E-state index contributed by atoms with van der Waals surface area (Å²) >= 11 is 1.27. The molecule has 2 aromatic carbocycles. The molecule has 2 heterocycles. The number of H-pyrrole nitrogens is 1. The molecule has 0 spiro atoms. The Hall–Kier alpha value is -3.66. The minimum atomic E-state index is -0.889. The molecule has 0 fully saturated rings. The number of methoxy groups -OCH3 is 1. The average Bonchev–Trinajstić information content (AvgIpc) is 2.87. The fourth-order valence-electron chi connectivity index (χ4n) is 3.93. The van der Waals surface area contributed by atoms with Crippen LogP contribution >= 0.6 is 11.8 Å². The topological polar surface area (TPSA) is 105 Å². The molecule has 1 aliphatic rings. The first kappa shape index (κ1) is 23.5. The summed E-state index contributed by atoms with van der Waals surface area (Å²) in [7, 11) is 1.53. The number of hydrogen-bond acceptors (Lipinski definition) is 7. The molecule has 10 heteroatoms. The van der Waals surface area contributed by atoms with Crippen molar-refractivity contribution < 1.29 is 23.7 Å². The minimum absolute atomic E-state index is 0.175. The smallest absolute Gasteiger partial charge is 0.325 e. The number of rotatable bonds is 6. The summed E-state index contributed by atoms with van der Waals surface area (Å²) in [6.07, 6.45) is 1.30. The quantitative estimate of drug-likeness (QED) is 0.250. The number of nitrogens with one attached hydrogen (secondary N) is 1. The first-order chi connectivity index (χ1) is 16.4. The van der Waals surface area contributed by atoms with Crippen LogP contribution in [-0.4, -0.2) is 35.3 Å². The zero-order valence-corrected chi connectivity index (χ0v) is 20.1. The van der Waals surface area contributed by atoms with Crippen molar-refractivity contribution in [3.8, 4) is 22.8 Å². The maximum atomic E-state index is 13.4. The van der Waals surface area contributed by atoms with Crippen molar-refractivity contribution in [2.45, 2.75) is 38.0 Å². The summed E-state index contributed by atoms with van der Waals surface area (Å²) in [4.78, 5) is 43.2. The summed E-state index contributed by atoms with van der Waals surface area (Å²) in [6, 6.07) is 12.2. The second-order valence-electron chi connectivity index (χ2n) is 7.50. The van der Waals surface area contributed by atoms with E-state index in [0.717, 1.165) is 0 Å². The molecule has 1 aromatic heterocycles. The molecule has 0 unspecified atom stereocenters. The van der Waals surface area contributed by atoms with Gasteiger partial charge in [-0.25, -0.2) is 4.90 Å². The number of nitrogens with zero attached hydrogens (tertiary/aromatic N) is 3. The molecule has 3 aromatic rings. The number of hydrogen-bond donors (Lipinski definition) is 1. The first-order valence-electron chi connectivity index (χ1n) is 10.8. The number of fused-ring (bicyclic) bond motifs is 3. The molecule has 0 saturated heterocycles. The normalized spacial score (nSPS) is 14.2. The highest BCUT2D eigenvalue weighted by molar-refractivity contribution is 7.98. The van der Waals surface area contributed by atoms with Crippen LogP contribution < -0.4 is 24.6 Å². The molecule has 9 nitrogen and oxygen atoms in total. The van der Waals surface area contributed by atoms with Gasteiger partial charge in [-0.2, -0.15) is 0 Å². The second-order valence-corrected chi connectivity index (χ2v) is 8.29. The van der Waals surface area contributed by atoms with E-state index in [1.54, 1.807) is 61.4 Å². The largest absolute Gasteiger partial charge is 0.497 e. The number of amides is 1. The Balaban J connectivity index is 2.09. The Morgan fingerprint density at radius 1 is 1.18 bits per heavy atom. The molecule has 1 aliphatic heterocycles. The molecule has 34 heavy (non-hydrogen) atoms. The van der Waals surface area contributed by atoms with Gasteiger partial charge in [0.05, 0.1) is 23.9 Å². The molecule has 4 rings (SSSR count). The highest BCUT2D eigenvalue weighted by atomic mass is 32.2. The number of carbonyl (C=O) groups is 2. The van der Waals surface area contributed by atoms with Crippen molar-refractivity contribution in [1.29, 1.82) is 0 Å². The number of thioether (sulfide) groups is 1. The highest BCUT2D eigenvalue weighted by Gasteiger charge is 2.46. The Morgan fingerprint density at radius 2 is 1.94 bits per heavy atom. The van der Waals surface area contributed by atoms with E-state index in [2.05, 4.69) is 10.1 Å². The predicted molar refractivity (Wildman–Crippen MR) is 127 cm³/mol. The monoisotopic (exact) mass is 481 g/mol. The fourth-order valence-corrected chi connectivity index (χ4v) is 4.29. The van der Waals surface area contributed by atoms with Crippen molar-refractivity contribution in [2.75, 3.05) is 18.3 Å². The molecular weight excluding hydrogens is 456 g/mol. The van der Waals surface area contributed by atoms with Gasteiger partial charge in [-0.05, 0) is 41.3 Å². The summed E-state index contributed by atoms with van der Waals surface area (Å²) in [6.45, 7) is 3.47. The van der Waals surface area contributed by atoms with E-state index in [1.807, 2.05) is 6.07 Å². The molecule has 0 saturated carbocycles. The van der Waals surface area contributed by atoms with Crippen LogP contribution in [0.25, 0.3) is 11.3 Å². The van der Waals surface area contributed by atoms with Crippen molar-refractivity contribution in [3.63, 3.8) is 0 Å². The number of carbonyl (C=O) groups excluding carboxylic acids is 2. The standard InChI is InChI=1S/C24H24N4O5S/c1-5-19(29)27-17-10-8-7-9-15(17)21-22(31)25-24(34-4)26-28(21)23(27)16-13-14(32-3)11-12-18(16)33-20(30)6-2/h7-13,23H,5-6H2,1-4H3/p+1/t23-/m1/s1. The molecule has 0 radical (unpaired) electrons. The van der Waals surface area contributed by atoms with Crippen molar-refractivity contribution in [2.24, 2.45) is 0 Å². The number of esters is 1. The second kappa shape index (κ2) is 9.68. The molecule has 1 atom stereocenters. The third-order valence-corrected chi connectivity index (χ3v) is 6.10. The summed E-state index contributed by atoms with van der Waals surface area (Å²) in [5.41, 5.74) is 1.58. The summed E-state index contributed by atoms with van der Waals surface area (Å²) < 4.78 is 12.6. The number of ether oxygens (including phenoxy) is 2. The fraction of sp³-hybridized carbons (Fsp3) is 0.292. The van der Waals surface area contributed by atoms with E-state index < -0.39 is 12.1 Å². The van der Waals surface area contributed by atoms with Crippen molar-refractivity contribution in [3.05, 3.63) is 58.4 Å². The van der Waals surface area contributed by atoms with Gasteiger partial charge in [-0.1, -0.05) is 37.7 Å². The van der Waals surface area contributed by atoms with Crippen LogP contribution in [0.15, 0.2) is 52.4 Å². The average molecular weight is 482 g/mol. The number of para-hydroxylation sites is 1. The SMILES string of the molecule is CCC(=O)Oc1ccc(OC)cc1[C@@H]1N(C(=O)CC)c2ccccc2-c2c(=O)[nH]c(SC)n[n+]21. The zero-order chi connectivity index (χ0) is 24.4. The van der Waals surface area contributed by atoms with Gasteiger partial charge in [0.15, 0.2) is 0 Å². The van der Waals surface area contributed by atoms with E-state index in [-0.39, 0.29) is 30.1 Å². The van der Waals surface area contributed by atoms with Crippen LogP contribution in [0.3, 0.4) is 0 Å². The van der Waals surface area contributed by atoms with Crippen molar-refractivity contribution in [1.82, 2.24) is 10.1 Å². The lowest BCUT2D eigenvalue weighted by Crippen LogP contribution is -2.61. The minimum Gasteiger partial charge on any atom is -0.497 e. The Labute approximate surface area is 200 Å². The lowest BCUT2D eigenvalue weighted by Gasteiger charge is -2.32. The summed E-state index contributed by atoms with van der Waals surface area (Å²) in [5.74, 6) is 0.159. The van der Waals surface area contributed by atoms with Crippen LogP contribution in [0.5, 0.6) is 11.5 Å². The Kier molecular flexibility index (Phi) is 6.69. The molecule has 176 valence electrons. The van der Waals surface area contributed by atoms with Gasteiger partial charge in [-0.15, -0.1) is 0 Å². The maximum Gasteiger partial charge on any atom is 0.325 e. The van der Waals surface area contributed by atoms with Gasteiger partial charge in [0, 0.05) is 17.9 Å². The molecule has 1 N–H and O–H groups in total. The highest BCUT2D eigenvalue weighted by Crippen LogP contribution is 2.41. The number of aromatic nitrogens is 3. The molecule has 0 bridgehead atoms. The van der Waals surface area contributed by atoms with Gasteiger partial charge in [0.1, 0.15) is 11.5 Å². The first-order valence-corrected chi connectivity index (χ1v) is 12.1. The predicted octanol–water partition coefficient (Wildman–Crippen LogP) is 3.07. The van der Waals surface area contributed by atoms with Crippen LogP contribution in [0.1, 0.15) is 38.4 Å². The van der Waals surface area contributed by atoms with Crippen molar-refractivity contribution >= 4 is 29.3 Å². The van der Waals surface area contributed by atoms with Crippen LogP contribution in [0.4, 0.5) is 5.69 Å². The third kappa shape index (κ3) is 4.05. The van der Waals surface area contributed by atoms with E-state index in [9.17, 15) is 14.4 Å². The van der Waals surface area contributed by atoms with E-state index in [0.29, 0.717) is 33.4 Å². The summed E-state index contributed by atoms with van der Waals surface area (Å²) in [5, 5.41) is 5.05. The van der Waals surface area contributed by atoms with Gasteiger partial charge >= 0.3 is 17.2 Å². The zero-order valence-electron chi connectivity index (χ0n) is 19.3. The number of aromatic amines is 1. The van der Waals surface area contributed by atoms with E-state index >= 15 is 0 Å². The third-order valence-electron chi connectivity index (χ3n) is 5.53. The molecular formula is C24H25N4O5S+. The van der Waals surface area contributed by atoms with Crippen LogP contribution in [0.2, 0.25) is 0 Å². The van der Waals surface area contributed by atoms with Gasteiger partial charge in [0.2, 0.25) is 11.1 Å². The Morgan fingerprint density at radius 3 is 2.62 bits per heavy atom. The lowest BCUT2D eigenvalue weighted by molar-refractivity contribution is -0.763. The van der Waals surface area contributed by atoms with E-state index in [1.165, 1.54) is 23.6 Å². The molecule has 0 aliphatic carbocycles. The lowest BCUT2D eigenvalue weighted by atomic mass is 10.0. The maximum absolute atomic E-state index is 13.4. The number of benzene rings is 2. The number of anilines is 1.